The Morgan fingerprint density at radius 3 is 2.65 bits per heavy atom. The standard InChI is InChI=1S/C16H19N3O6S/c1-11-4-6-12(7-5-11)26(20,21)23-10-16-9-22-13(8-18-19-17)14(16)24-15(2,3)25-16/h4-7H,8-10H2,1-3H3/t16-/m1/s1. The average Bonchev–Trinajstić information content (AvgIpc) is 3.02. The summed E-state index contributed by atoms with van der Waals surface area (Å²) in [6, 6.07) is 6.34. The van der Waals surface area contributed by atoms with E-state index in [0.29, 0.717) is 11.5 Å². The summed E-state index contributed by atoms with van der Waals surface area (Å²) >= 11 is 0. The normalized spacial score (nSPS) is 23.8. The maximum atomic E-state index is 12.5. The number of hydrogen-bond acceptors (Lipinski definition) is 7. The largest absolute Gasteiger partial charge is 0.491 e. The van der Waals surface area contributed by atoms with E-state index in [9.17, 15) is 8.42 Å². The van der Waals surface area contributed by atoms with Crippen LogP contribution in [0.25, 0.3) is 10.4 Å². The van der Waals surface area contributed by atoms with Crippen molar-refractivity contribution in [2.24, 2.45) is 5.11 Å². The first-order chi connectivity index (χ1) is 12.2. The molecule has 0 amide bonds. The Morgan fingerprint density at radius 2 is 2.00 bits per heavy atom. The number of benzene rings is 1. The second-order valence-electron chi connectivity index (χ2n) is 6.56. The van der Waals surface area contributed by atoms with Crippen molar-refractivity contribution in [3.05, 3.63) is 51.8 Å². The van der Waals surface area contributed by atoms with Gasteiger partial charge in [0.1, 0.15) is 19.0 Å². The molecule has 2 heterocycles. The molecule has 0 saturated carbocycles. The molecule has 0 aliphatic carbocycles. The topological polar surface area (TPSA) is 120 Å². The molecule has 0 radical (unpaired) electrons. The SMILES string of the molecule is Cc1ccc(S(=O)(=O)OC[C@]23COC(CN=[N+]=[N-])=C2OC(C)(C)O3)cc1. The number of nitrogens with zero attached hydrogens (tertiary/aromatic N) is 3. The van der Waals surface area contributed by atoms with Crippen LogP contribution in [0.4, 0.5) is 0 Å². The molecule has 10 heteroatoms. The predicted octanol–water partition coefficient (Wildman–Crippen LogP) is 2.77. The zero-order valence-electron chi connectivity index (χ0n) is 14.6. The molecule has 9 nitrogen and oxygen atoms in total. The van der Waals surface area contributed by atoms with Crippen molar-refractivity contribution in [3.63, 3.8) is 0 Å². The van der Waals surface area contributed by atoms with Crippen LogP contribution >= 0.6 is 0 Å². The van der Waals surface area contributed by atoms with Gasteiger partial charge >= 0.3 is 0 Å². The monoisotopic (exact) mass is 381 g/mol. The van der Waals surface area contributed by atoms with Crippen molar-refractivity contribution in [1.82, 2.24) is 0 Å². The van der Waals surface area contributed by atoms with Gasteiger partial charge in [0, 0.05) is 18.8 Å². The third kappa shape index (κ3) is 3.49. The Hall–Kier alpha value is -2.26. The van der Waals surface area contributed by atoms with E-state index < -0.39 is 21.5 Å². The van der Waals surface area contributed by atoms with E-state index in [1.165, 1.54) is 12.1 Å². The summed E-state index contributed by atoms with van der Waals surface area (Å²) in [7, 11) is -3.98. The smallest absolute Gasteiger partial charge is 0.297 e. The van der Waals surface area contributed by atoms with Crippen molar-refractivity contribution in [2.75, 3.05) is 19.8 Å². The highest BCUT2D eigenvalue weighted by atomic mass is 32.2. The molecule has 1 atom stereocenters. The van der Waals surface area contributed by atoms with Crippen molar-refractivity contribution in [2.45, 2.75) is 37.1 Å². The van der Waals surface area contributed by atoms with Crippen LogP contribution in [0.3, 0.4) is 0 Å². The fourth-order valence-corrected chi connectivity index (χ4v) is 3.80. The predicted molar refractivity (Wildman–Crippen MR) is 90.3 cm³/mol. The first kappa shape index (κ1) is 18.5. The van der Waals surface area contributed by atoms with Crippen LogP contribution in [0.1, 0.15) is 19.4 Å². The van der Waals surface area contributed by atoms with E-state index in [0.717, 1.165) is 5.56 Å². The molecule has 2 aliphatic rings. The Labute approximate surface area is 151 Å². The van der Waals surface area contributed by atoms with Crippen molar-refractivity contribution in [3.8, 4) is 0 Å². The van der Waals surface area contributed by atoms with E-state index >= 15 is 0 Å². The van der Waals surface area contributed by atoms with Gasteiger partial charge in [0.05, 0.1) is 11.4 Å². The molecule has 0 bridgehead atoms. The van der Waals surface area contributed by atoms with Crippen molar-refractivity contribution in [1.29, 1.82) is 0 Å². The molecule has 1 aromatic rings. The maximum Gasteiger partial charge on any atom is 0.297 e. The molecule has 1 saturated heterocycles. The number of hydrogen-bond donors (Lipinski definition) is 0. The molecule has 3 rings (SSSR count). The lowest BCUT2D eigenvalue weighted by Crippen LogP contribution is -2.40. The zero-order valence-corrected chi connectivity index (χ0v) is 15.4. The molecule has 0 unspecified atom stereocenters. The highest BCUT2D eigenvalue weighted by Crippen LogP contribution is 2.46. The second-order valence-corrected chi connectivity index (χ2v) is 8.17. The Bertz CT molecular complexity index is 887. The quantitative estimate of drug-likeness (QED) is 0.323. The van der Waals surface area contributed by atoms with Crippen molar-refractivity contribution >= 4 is 10.1 Å². The minimum absolute atomic E-state index is 0.00542. The minimum Gasteiger partial charge on any atom is -0.491 e. The summed E-state index contributed by atoms with van der Waals surface area (Å²) in [6.45, 7) is 4.88. The summed E-state index contributed by atoms with van der Waals surface area (Å²) in [5, 5.41) is 3.46. The lowest BCUT2D eigenvalue weighted by atomic mass is 10.1. The number of fused-ring (bicyclic) bond motifs is 1. The molecule has 0 N–H and O–H groups in total. The van der Waals surface area contributed by atoms with Gasteiger partial charge in [-0.15, -0.1) is 0 Å². The van der Waals surface area contributed by atoms with E-state index in [1.54, 1.807) is 26.0 Å². The third-order valence-corrected chi connectivity index (χ3v) is 5.25. The molecule has 26 heavy (non-hydrogen) atoms. The van der Waals surface area contributed by atoms with Crippen LogP contribution in [0, 0.1) is 6.92 Å². The molecule has 1 fully saturated rings. The number of aryl methyl sites for hydroxylation is 1. The lowest BCUT2D eigenvalue weighted by molar-refractivity contribution is -0.178. The van der Waals surface area contributed by atoms with Crippen LogP contribution in [-0.2, 0) is 28.5 Å². The van der Waals surface area contributed by atoms with E-state index in [1.807, 2.05) is 6.92 Å². The van der Waals surface area contributed by atoms with Crippen LogP contribution in [0.15, 0.2) is 45.8 Å². The minimum atomic E-state index is -3.98. The summed E-state index contributed by atoms with van der Waals surface area (Å²) in [5.74, 6) is -0.378. The number of ether oxygens (including phenoxy) is 3. The first-order valence-corrected chi connectivity index (χ1v) is 9.31. The van der Waals surface area contributed by atoms with Gasteiger partial charge in [-0.25, -0.2) is 0 Å². The van der Waals surface area contributed by atoms with E-state index in [2.05, 4.69) is 10.0 Å². The summed E-state index contributed by atoms with van der Waals surface area (Å²) in [5.41, 5.74) is 8.23. The van der Waals surface area contributed by atoms with Gasteiger partial charge in [0.15, 0.2) is 11.4 Å². The summed E-state index contributed by atoms with van der Waals surface area (Å²) < 4.78 is 47.3. The molecule has 1 aromatic carbocycles. The second kappa shape index (κ2) is 6.48. The van der Waals surface area contributed by atoms with Crippen LogP contribution in [0.5, 0.6) is 0 Å². The van der Waals surface area contributed by atoms with Gasteiger partial charge in [0.2, 0.25) is 5.79 Å². The van der Waals surface area contributed by atoms with Gasteiger partial charge in [-0.1, -0.05) is 22.8 Å². The third-order valence-electron chi connectivity index (χ3n) is 3.97. The van der Waals surface area contributed by atoms with E-state index in [-0.39, 0.29) is 24.7 Å². The number of rotatable bonds is 6. The molecular weight excluding hydrogens is 362 g/mol. The lowest BCUT2D eigenvalue weighted by Gasteiger charge is -2.24. The van der Waals surface area contributed by atoms with Gasteiger partial charge in [-0.3, -0.25) is 4.18 Å². The van der Waals surface area contributed by atoms with E-state index in [4.69, 9.17) is 23.9 Å². The Kier molecular flexibility index (Phi) is 4.61. The summed E-state index contributed by atoms with van der Waals surface area (Å²) in [4.78, 5) is 2.74. The molecule has 0 aromatic heterocycles. The van der Waals surface area contributed by atoms with Gasteiger partial charge in [-0.05, 0) is 24.6 Å². The highest BCUT2D eigenvalue weighted by molar-refractivity contribution is 7.86. The zero-order chi connectivity index (χ0) is 19.0. The van der Waals surface area contributed by atoms with Gasteiger partial charge in [0.25, 0.3) is 10.1 Å². The maximum absolute atomic E-state index is 12.5. The summed E-state index contributed by atoms with van der Waals surface area (Å²) in [6.07, 6.45) is 0. The molecule has 140 valence electrons. The van der Waals surface area contributed by atoms with Gasteiger partial charge in [-0.2, -0.15) is 8.42 Å². The fraction of sp³-hybridized carbons (Fsp3) is 0.500. The number of azide groups is 1. The molecule has 0 spiro atoms. The van der Waals surface area contributed by atoms with Crippen LogP contribution in [0.2, 0.25) is 0 Å². The van der Waals surface area contributed by atoms with Gasteiger partial charge < -0.3 is 14.2 Å². The highest BCUT2D eigenvalue weighted by Gasteiger charge is 2.57. The first-order valence-electron chi connectivity index (χ1n) is 7.90. The van der Waals surface area contributed by atoms with Crippen LogP contribution in [-0.4, -0.2) is 39.6 Å². The Balaban J connectivity index is 1.84. The van der Waals surface area contributed by atoms with Crippen molar-refractivity contribution < 1.29 is 26.8 Å². The fourth-order valence-electron chi connectivity index (χ4n) is 2.85. The Morgan fingerprint density at radius 1 is 1.31 bits per heavy atom. The molecule has 2 aliphatic heterocycles. The average molecular weight is 381 g/mol. The molecular formula is C16H19N3O6S. The van der Waals surface area contributed by atoms with Crippen LogP contribution < -0.4 is 0 Å².